The molecule has 2 aromatic rings. The van der Waals surface area contributed by atoms with Gasteiger partial charge in [-0.25, -0.2) is 9.97 Å². The predicted octanol–water partition coefficient (Wildman–Crippen LogP) is 5.19. The number of carboxylic acids is 1. The van der Waals surface area contributed by atoms with Crippen LogP contribution >= 0.6 is 23.4 Å². The van der Waals surface area contributed by atoms with Gasteiger partial charge in [0, 0.05) is 42.9 Å². The van der Waals surface area contributed by atoms with Crippen LogP contribution in [0.15, 0.2) is 18.2 Å². The summed E-state index contributed by atoms with van der Waals surface area (Å²) in [5.74, 6) is -1.62. The van der Waals surface area contributed by atoms with Crippen LogP contribution in [0.1, 0.15) is 43.3 Å². The Labute approximate surface area is 211 Å². The number of carboxylic acid groups (broad SMARTS) is 1. The van der Waals surface area contributed by atoms with Crippen LogP contribution in [0.2, 0.25) is 5.15 Å². The summed E-state index contributed by atoms with van der Waals surface area (Å²) in [6.45, 7) is 5.27. The third-order valence-corrected chi connectivity index (χ3v) is 6.11. The van der Waals surface area contributed by atoms with E-state index in [0.29, 0.717) is 40.2 Å². The molecule has 0 fully saturated rings. The molecule has 0 radical (unpaired) electrons. The van der Waals surface area contributed by atoms with E-state index in [1.165, 1.54) is 0 Å². The van der Waals surface area contributed by atoms with E-state index < -0.39 is 23.3 Å². The van der Waals surface area contributed by atoms with E-state index in [1.54, 1.807) is 58.0 Å². The van der Waals surface area contributed by atoms with Crippen LogP contribution in [-0.4, -0.2) is 53.0 Å². The molecule has 35 heavy (non-hydrogen) atoms. The van der Waals surface area contributed by atoms with Gasteiger partial charge in [-0.1, -0.05) is 38.4 Å². The number of nitrogens with zero attached hydrogens (tertiary/aromatic N) is 3. The van der Waals surface area contributed by atoms with Gasteiger partial charge in [-0.05, 0) is 23.3 Å². The van der Waals surface area contributed by atoms with Crippen molar-refractivity contribution in [2.45, 2.75) is 45.5 Å². The van der Waals surface area contributed by atoms with Gasteiger partial charge in [-0.2, -0.15) is 13.2 Å². The molecule has 0 saturated heterocycles. The third-order valence-electron chi connectivity index (χ3n) is 4.75. The summed E-state index contributed by atoms with van der Waals surface area (Å²) >= 11 is 6.98. The lowest BCUT2D eigenvalue weighted by atomic mass is 9.95. The number of halogens is 4. The lowest BCUT2D eigenvalue weighted by Crippen LogP contribution is -2.27. The Bertz CT molecular complexity index is 1090. The highest BCUT2D eigenvalue weighted by atomic mass is 35.5. The van der Waals surface area contributed by atoms with Crippen molar-refractivity contribution >= 4 is 46.7 Å². The number of rotatable bonds is 9. The Kier molecular flexibility index (Phi) is 9.41. The lowest BCUT2D eigenvalue weighted by Gasteiger charge is -2.20. The van der Waals surface area contributed by atoms with Gasteiger partial charge in [0.15, 0.2) is 0 Å². The maximum atomic E-state index is 12.7. The molecule has 2 rings (SSSR count). The average molecular weight is 533 g/mol. The minimum atomic E-state index is -4.31. The SMILES string of the molecule is CN(C)c1nc(Cc2ccc(NC(=O)C(C)(C)C)cc2CSCC(F)(F)F)nc(Cl)c1CC(=O)O. The zero-order valence-electron chi connectivity index (χ0n) is 20.1. The second kappa shape index (κ2) is 11.5. The topological polar surface area (TPSA) is 95.4 Å². The van der Waals surface area contributed by atoms with E-state index in [-0.39, 0.29) is 35.2 Å². The summed E-state index contributed by atoms with van der Waals surface area (Å²) in [5.41, 5.74) is 1.36. The number of benzene rings is 1. The minimum absolute atomic E-state index is 0.00292. The van der Waals surface area contributed by atoms with Crippen LogP contribution in [0, 0.1) is 5.41 Å². The normalized spacial score (nSPS) is 11.9. The van der Waals surface area contributed by atoms with Gasteiger partial charge in [0.1, 0.15) is 16.8 Å². The van der Waals surface area contributed by atoms with Crippen LogP contribution in [0.5, 0.6) is 0 Å². The first-order chi connectivity index (χ1) is 16.1. The second-order valence-corrected chi connectivity index (χ2v) is 10.5. The summed E-state index contributed by atoms with van der Waals surface area (Å²) in [5, 5.41) is 12.0. The molecule has 2 N–H and O–H groups in total. The quantitative estimate of drug-likeness (QED) is 0.429. The van der Waals surface area contributed by atoms with E-state index in [0.717, 1.165) is 0 Å². The molecule has 0 unspecified atom stereocenters. The number of thioether (sulfide) groups is 1. The molecule has 0 aliphatic heterocycles. The first-order valence-electron chi connectivity index (χ1n) is 10.6. The van der Waals surface area contributed by atoms with Crippen LogP contribution < -0.4 is 10.2 Å². The van der Waals surface area contributed by atoms with Gasteiger partial charge in [0.2, 0.25) is 5.91 Å². The standard InChI is InChI=1S/C23H28ClF3N4O3S/c1-22(2,3)21(34)28-15-7-6-13(14(8-15)11-35-12-23(25,26)27)9-17-29-19(24)16(10-18(32)33)20(30-17)31(4)5/h6-8H,9-12H2,1-5H3,(H,28,34)(H,32,33). The van der Waals surface area contributed by atoms with Gasteiger partial charge in [0.05, 0.1) is 12.2 Å². The van der Waals surface area contributed by atoms with E-state index in [9.17, 15) is 27.9 Å². The van der Waals surface area contributed by atoms with Crippen molar-refractivity contribution < 1.29 is 27.9 Å². The van der Waals surface area contributed by atoms with Gasteiger partial charge in [0.25, 0.3) is 0 Å². The Morgan fingerprint density at radius 3 is 2.34 bits per heavy atom. The molecule has 0 saturated carbocycles. The number of aromatic nitrogens is 2. The zero-order chi connectivity index (χ0) is 26.6. The molecule has 7 nitrogen and oxygen atoms in total. The molecule has 1 amide bonds. The van der Waals surface area contributed by atoms with Crippen molar-refractivity contribution in [1.82, 2.24) is 9.97 Å². The first kappa shape index (κ1) is 28.7. The van der Waals surface area contributed by atoms with E-state index in [2.05, 4.69) is 15.3 Å². The van der Waals surface area contributed by atoms with Crippen LogP contribution in [-0.2, 0) is 28.2 Å². The molecule has 1 heterocycles. The number of alkyl halides is 3. The summed E-state index contributed by atoms with van der Waals surface area (Å²) < 4.78 is 38.2. The second-order valence-electron chi connectivity index (χ2n) is 9.17. The molecule has 0 aliphatic rings. The van der Waals surface area contributed by atoms with Gasteiger partial charge >= 0.3 is 12.1 Å². The molecule has 0 atom stereocenters. The number of hydrogen-bond acceptors (Lipinski definition) is 6. The molecule has 0 bridgehead atoms. The lowest BCUT2D eigenvalue weighted by molar-refractivity contribution is -0.136. The Balaban J connectivity index is 2.42. The van der Waals surface area contributed by atoms with Gasteiger partial charge in [-0.3, -0.25) is 9.59 Å². The molecule has 1 aromatic heterocycles. The number of aliphatic carboxylic acids is 1. The molecule has 12 heteroatoms. The van der Waals surface area contributed by atoms with Crippen molar-refractivity contribution in [2.24, 2.45) is 5.41 Å². The maximum absolute atomic E-state index is 12.7. The zero-order valence-corrected chi connectivity index (χ0v) is 21.7. The van der Waals surface area contributed by atoms with Crippen molar-refractivity contribution in [3.8, 4) is 0 Å². The van der Waals surface area contributed by atoms with Crippen molar-refractivity contribution in [3.63, 3.8) is 0 Å². The third kappa shape index (κ3) is 8.88. The monoisotopic (exact) mass is 532 g/mol. The summed E-state index contributed by atoms with van der Waals surface area (Å²) in [7, 11) is 3.39. The Morgan fingerprint density at radius 2 is 1.80 bits per heavy atom. The number of carbonyl (C=O) groups excluding carboxylic acids is 1. The fraction of sp³-hybridized carbons (Fsp3) is 0.478. The number of nitrogens with one attached hydrogen (secondary N) is 1. The highest BCUT2D eigenvalue weighted by molar-refractivity contribution is 7.98. The first-order valence-corrected chi connectivity index (χ1v) is 12.1. The number of amides is 1. The molecule has 1 aromatic carbocycles. The van der Waals surface area contributed by atoms with Crippen molar-refractivity contribution in [1.29, 1.82) is 0 Å². The van der Waals surface area contributed by atoms with Gasteiger partial charge < -0.3 is 15.3 Å². The van der Waals surface area contributed by atoms with E-state index >= 15 is 0 Å². The number of anilines is 2. The number of carbonyl (C=O) groups is 2. The molecule has 0 spiro atoms. The highest BCUT2D eigenvalue weighted by Crippen LogP contribution is 2.29. The summed E-state index contributed by atoms with van der Waals surface area (Å²) in [6, 6.07) is 5.03. The van der Waals surface area contributed by atoms with Crippen molar-refractivity contribution in [2.75, 3.05) is 30.1 Å². The Hall–Kier alpha value is -2.53. The smallest absolute Gasteiger partial charge is 0.397 e. The summed E-state index contributed by atoms with van der Waals surface area (Å²) in [4.78, 5) is 33.9. The summed E-state index contributed by atoms with van der Waals surface area (Å²) in [6.07, 6.45) is -4.50. The predicted molar refractivity (Wildman–Crippen MR) is 132 cm³/mol. The van der Waals surface area contributed by atoms with Crippen LogP contribution in [0.25, 0.3) is 0 Å². The minimum Gasteiger partial charge on any atom is -0.481 e. The Morgan fingerprint density at radius 1 is 1.14 bits per heavy atom. The molecular formula is C23H28ClF3N4O3S. The van der Waals surface area contributed by atoms with E-state index in [1.807, 2.05) is 0 Å². The van der Waals surface area contributed by atoms with Crippen LogP contribution in [0.3, 0.4) is 0 Å². The fourth-order valence-electron chi connectivity index (χ4n) is 3.02. The highest BCUT2D eigenvalue weighted by Gasteiger charge is 2.27. The van der Waals surface area contributed by atoms with Crippen molar-refractivity contribution in [3.05, 3.63) is 45.9 Å². The van der Waals surface area contributed by atoms with Gasteiger partial charge in [-0.15, -0.1) is 11.8 Å². The largest absolute Gasteiger partial charge is 0.481 e. The molecule has 0 aliphatic carbocycles. The number of hydrogen-bond donors (Lipinski definition) is 2. The van der Waals surface area contributed by atoms with Crippen LogP contribution in [0.4, 0.5) is 24.7 Å². The fourth-order valence-corrected chi connectivity index (χ4v) is 4.09. The molecular weight excluding hydrogens is 505 g/mol. The molecule has 192 valence electrons. The average Bonchev–Trinajstić information content (AvgIpc) is 2.69. The maximum Gasteiger partial charge on any atom is 0.397 e. The van der Waals surface area contributed by atoms with E-state index in [4.69, 9.17) is 11.6 Å².